The van der Waals surface area contributed by atoms with Crippen molar-refractivity contribution in [1.82, 2.24) is 15.0 Å². The van der Waals surface area contributed by atoms with Crippen LogP contribution in [0.4, 0.5) is 26.0 Å². The fraction of sp³-hybridized carbons (Fsp3) is 0.0385. The Morgan fingerprint density at radius 2 is 1.79 bits per heavy atom. The van der Waals surface area contributed by atoms with Crippen LogP contribution in [0.1, 0.15) is 21.7 Å². The largest absolute Gasteiger partial charge is 0.342 e. The van der Waals surface area contributed by atoms with Crippen molar-refractivity contribution in [3.05, 3.63) is 114 Å². The molecular formula is C26H19F2N5O. The van der Waals surface area contributed by atoms with E-state index in [-0.39, 0.29) is 11.7 Å². The van der Waals surface area contributed by atoms with Gasteiger partial charge < -0.3 is 15.6 Å². The Kier molecular flexibility index (Phi) is 5.70. The minimum absolute atomic E-state index is 0.282. The van der Waals surface area contributed by atoms with E-state index in [9.17, 15) is 13.6 Å². The van der Waals surface area contributed by atoms with Gasteiger partial charge in [-0.1, -0.05) is 24.3 Å². The smallest absolute Gasteiger partial charge is 0.259 e. The molecule has 3 aromatic carbocycles. The standard InChI is InChI=1S/C26H19F2N5O/c27-17-6-3-7-18(14-17)30-25-20(8-4-12-29-25)26(34)31-19-10-11-22-23(15-19)33-24(32-22)13-16-5-1-2-9-21(16)28/h1-12,14-15H,13H2,(H,29,30)(H,31,34)(H,32,33). The SMILES string of the molecule is O=C(Nc1ccc2nc(Cc3ccccc3F)[nH]c2c1)c1cccnc1Nc1cccc(F)c1. The number of amides is 1. The number of H-pyrrole nitrogens is 1. The molecule has 8 heteroatoms. The van der Waals surface area contributed by atoms with Crippen molar-refractivity contribution in [2.45, 2.75) is 6.42 Å². The van der Waals surface area contributed by atoms with Gasteiger partial charge in [0.15, 0.2) is 0 Å². The van der Waals surface area contributed by atoms with Crippen LogP contribution in [0.25, 0.3) is 11.0 Å². The summed E-state index contributed by atoms with van der Waals surface area (Å²) < 4.78 is 27.5. The van der Waals surface area contributed by atoms with Crippen molar-refractivity contribution < 1.29 is 13.6 Å². The lowest BCUT2D eigenvalue weighted by Crippen LogP contribution is -2.14. The van der Waals surface area contributed by atoms with Crippen molar-refractivity contribution in [2.24, 2.45) is 0 Å². The number of carbonyl (C=O) groups is 1. The molecule has 0 saturated heterocycles. The fourth-order valence-electron chi connectivity index (χ4n) is 3.64. The van der Waals surface area contributed by atoms with E-state index >= 15 is 0 Å². The molecule has 0 aliphatic heterocycles. The number of rotatable bonds is 6. The van der Waals surface area contributed by atoms with Gasteiger partial charge in [0.1, 0.15) is 23.3 Å². The lowest BCUT2D eigenvalue weighted by Gasteiger charge is -2.11. The quantitative estimate of drug-likeness (QED) is 0.301. The molecule has 0 atom stereocenters. The van der Waals surface area contributed by atoms with Gasteiger partial charge in [-0.3, -0.25) is 4.79 Å². The number of halogens is 2. The number of hydrogen-bond acceptors (Lipinski definition) is 4. The van der Waals surface area contributed by atoms with Crippen LogP contribution < -0.4 is 10.6 Å². The van der Waals surface area contributed by atoms with Gasteiger partial charge in [-0.2, -0.15) is 0 Å². The molecule has 3 N–H and O–H groups in total. The predicted molar refractivity (Wildman–Crippen MR) is 127 cm³/mol. The summed E-state index contributed by atoms with van der Waals surface area (Å²) in [5, 5.41) is 5.84. The molecule has 0 bridgehead atoms. The number of nitrogens with one attached hydrogen (secondary N) is 3. The van der Waals surface area contributed by atoms with E-state index in [0.717, 1.165) is 0 Å². The second-order valence-corrected chi connectivity index (χ2v) is 7.67. The molecule has 0 radical (unpaired) electrons. The van der Waals surface area contributed by atoms with Crippen LogP contribution in [0, 0.1) is 11.6 Å². The zero-order valence-corrected chi connectivity index (χ0v) is 17.8. The summed E-state index contributed by atoms with van der Waals surface area (Å²) in [5.74, 6) is -0.126. The van der Waals surface area contributed by atoms with Crippen LogP contribution >= 0.6 is 0 Å². The molecule has 0 spiro atoms. The van der Waals surface area contributed by atoms with Gasteiger partial charge in [-0.15, -0.1) is 0 Å². The number of benzene rings is 3. The Hall–Kier alpha value is -4.59. The number of aromatic nitrogens is 3. The maximum Gasteiger partial charge on any atom is 0.259 e. The molecular weight excluding hydrogens is 436 g/mol. The Balaban J connectivity index is 1.35. The molecule has 2 aromatic heterocycles. The summed E-state index contributed by atoms with van der Waals surface area (Å²) >= 11 is 0. The minimum atomic E-state index is -0.394. The third kappa shape index (κ3) is 4.61. The summed E-state index contributed by atoms with van der Waals surface area (Å²) in [6, 6.07) is 21.0. The Morgan fingerprint density at radius 3 is 2.65 bits per heavy atom. The van der Waals surface area contributed by atoms with E-state index in [2.05, 4.69) is 25.6 Å². The van der Waals surface area contributed by atoms with Crippen molar-refractivity contribution in [3.63, 3.8) is 0 Å². The highest BCUT2D eigenvalue weighted by Gasteiger charge is 2.14. The topological polar surface area (TPSA) is 82.7 Å². The van der Waals surface area contributed by atoms with Gasteiger partial charge in [0, 0.05) is 24.0 Å². The third-order valence-corrected chi connectivity index (χ3v) is 5.24. The van der Waals surface area contributed by atoms with Gasteiger partial charge in [0.25, 0.3) is 5.91 Å². The van der Waals surface area contributed by atoms with Crippen molar-refractivity contribution in [3.8, 4) is 0 Å². The molecule has 5 aromatic rings. The van der Waals surface area contributed by atoms with Crippen LogP contribution in [0.5, 0.6) is 0 Å². The maximum absolute atomic E-state index is 14.0. The van der Waals surface area contributed by atoms with E-state index in [1.807, 2.05) is 0 Å². The van der Waals surface area contributed by atoms with Gasteiger partial charge in [0.05, 0.1) is 16.6 Å². The Labute approximate surface area is 193 Å². The van der Waals surface area contributed by atoms with Crippen molar-refractivity contribution in [1.29, 1.82) is 0 Å². The Bertz CT molecular complexity index is 1500. The van der Waals surface area contributed by atoms with Crippen LogP contribution in [0.15, 0.2) is 85.1 Å². The highest BCUT2D eigenvalue weighted by atomic mass is 19.1. The van der Waals surface area contributed by atoms with E-state index in [1.165, 1.54) is 18.2 Å². The van der Waals surface area contributed by atoms with Crippen LogP contribution in [-0.4, -0.2) is 20.9 Å². The molecule has 1 amide bonds. The molecule has 2 heterocycles. The first-order valence-electron chi connectivity index (χ1n) is 10.6. The fourth-order valence-corrected chi connectivity index (χ4v) is 3.64. The minimum Gasteiger partial charge on any atom is -0.342 e. The number of fused-ring (bicyclic) bond motifs is 1. The lowest BCUT2D eigenvalue weighted by molar-refractivity contribution is 0.102. The molecule has 5 rings (SSSR count). The second-order valence-electron chi connectivity index (χ2n) is 7.67. The molecule has 0 unspecified atom stereocenters. The molecule has 168 valence electrons. The molecule has 0 aliphatic rings. The Morgan fingerprint density at radius 1 is 0.912 bits per heavy atom. The van der Waals surface area contributed by atoms with Gasteiger partial charge in [0.2, 0.25) is 0 Å². The monoisotopic (exact) mass is 455 g/mol. The predicted octanol–water partition coefficient (Wildman–Crippen LogP) is 5.82. The van der Waals surface area contributed by atoms with Gasteiger partial charge in [-0.25, -0.2) is 18.7 Å². The average Bonchev–Trinajstić information content (AvgIpc) is 3.22. The maximum atomic E-state index is 14.0. The van der Waals surface area contributed by atoms with Crippen LogP contribution in [0.2, 0.25) is 0 Å². The number of anilines is 3. The normalized spacial score (nSPS) is 10.9. The zero-order chi connectivity index (χ0) is 23.5. The summed E-state index contributed by atoms with van der Waals surface area (Å²) in [5.41, 5.74) is 3.31. The summed E-state index contributed by atoms with van der Waals surface area (Å²) in [7, 11) is 0. The van der Waals surface area contributed by atoms with E-state index in [1.54, 1.807) is 66.9 Å². The number of pyridine rings is 1. The van der Waals surface area contributed by atoms with Gasteiger partial charge >= 0.3 is 0 Å². The first-order chi connectivity index (χ1) is 16.5. The number of imidazole rings is 1. The molecule has 34 heavy (non-hydrogen) atoms. The average molecular weight is 455 g/mol. The number of aromatic amines is 1. The summed E-state index contributed by atoms with van der Waals surface area (Å²) in [6.07, 6.45) is 1.88. The van der Waals surface area contributed by atoms with Crippen LogP contribution in [0.3, 0.4) is 0 Å². The third-order valence-electron chi connectivity index (χ3n) is 5.24. The van der Waals surface area contributed by atoms with E-state index < -0.39 is 5.82 Å². The highest BCUT2D eigenvalue weighted by Crippen LogP contribution is 2.23. The lowest BCUT2D eigenvalue weighted by atomic mass is 10.1. The van der Waals surface area contributed by atoms with E-state index in [4.69, 9.17) is 0 Å². The van der Waals surface area contributed by atoms with E-state index in [0.29, 0.717) is 51.6 Å². The highest BCUT2D eigenvalue weighted by molar-refractivity contribution is 6.08. The van der Waals surface area contributed by atoms with Crippen molar-refractivity contribution in [2.75, 3.05) is 10.6 Å². The summed E-state index contributed by atoms with van der Waals surface area (Å²) in [6.45, 7) is 0. The number of hydrogen-bond donors (Lipinski definition) is 3. The number of carbonyl (C=O) groups excluding carboxylic acids is 1. The van der Waals surface area contributed by atoms with Crippen molar-refractivity contribution >= 4 is 34.1 Å². The second kappa shape index (κ2) is 9.11. The molecule has 0 fully saturated rings. The molecule has 0 aliphatic carbocycles. The molecule has 0 saturated carbocycles. The van der Waals surface area contributed by atoms with Crippen LogP contribution in [-0.2, 0) is 6.42 Å². The summed E-state index contributed by atoms with van der Waals surface area (Å²) in [4.78, 5) is 24.9. The van der Waals surface area contributed by atoms with Gasteiger partial charge in [-0.05, 0) is 60.2 Å². The first-order valence-corrected chi connectivity index (χ1v) is 10.6. The number of nitrogens with zero attached hydrogens (tertiary/aromatic N) is 2. The molecule has 6 nitrogen and oxygen atoms in total. The first kappa shape index (κ1) is 21.3. The zero-order valence-electron chi connectivity index (χ0n) is 17.8.